The van der Waals surface area contributed by atoms with Crippen LogP contribution < -0.4 is 0 Å². The molecular weight excluding hydrogens is 289 g/mol. The first-order chi connectivity index (χ1) is 9.58. The molecule has 3 aromatic rings. The lowest BCUT2D eigenvalue weighted by Gasteiger charge is -2.07. The number of aromatic nitrogens is 2. The van der Waals surface area contributed by atoms with Crippen LogP contribution in [0.25, 0.3) is 22.0 Å². The van der Waals surface area contributed by atoms with Crippen LogP contribution in [0.1, 0.15) is 0 Å². The highest BCUT2D eigenvalue weighted by Crippen LogP contribution is 2.31. The molecular formula is C14H6ClF3N2. The topological polar surface area (TPSA) is 25.8 Å². The van der Waals surface area contributed by atoms with E-state index in [1.54, 1.807) is 24.3 Å². The lowest BCUT2D eigenvalue weighted by molar-refractivity contribution is 0.496. The Kier molecular flexibility index (Phi) is 3.06. The van der Waals surface area contributed by atoms with Gasteiger partial charge in [0, 0.05) is 22.4 Å². The minimum atomic E-state index is -1.25. The van der Waals surface area contributed by atoms with Crippen LogP contribution in [0, 0.1) is 17.5 Å². The fraction of sp³-hybridized carbons (Fsp3) is 0. The van der Waals surface area contributed by atoms with E-state index in [1.165, 1.54) is 0 Å². The molecule has 0 radical (unpaired) electrons. The zero-order chi connectivity index (χ0) is 14.3. The van der Waals surface area contributed by atoms with Crippen molar-refractivity contribution in [1.82, 2.24) is 10.2 Å². The van der Waals surface area contributed by atoms with Gasteiger partial charge in [-0.25, -0.2) is 13.2 Å². The summed E-state index contributed by atoms with van der Waals surface area (Å²) in [5.74, 6) is -3.31. The third-order valence-electron chi connectivity index (χ3n) is 2.91. The summed E-state index contributed by atoms with van der Waals surface area (Å²) in [6.45, 7) is 0. The minimum Gasteiger partial charge on any atom is -0.206 e. The van der Waals surface area contributed by atoms with Crippen molar-refractivity contribution in [2.75, 3.05) is 0 Å². The molecule has 0 bridgehead atoms. The van der Waals surface area contributed by atoms with Crippen molar-refractivity contribution in [3.63, 3.8) is 0 Å². The maximum atomic E-state index is 13.8. The minimum absolute atomic E-state index is 0.112. The van der Waals surface area contributed by atoms with Gasteiger partial charge in [0.2, 0.25) is 0 Å². The molecule has 0 aliphatic rings. The lowest BCUT2D eigenvalue weighted by atomic mass is 10.0. The largest absolute Gasteiger partial charge is 0.206 e. The van der Waals surface area contributed by atoms with Gasteiger partial charge < -0.3 is 0 Å². The van der Waals surface area contributed by atoms with Gasteiger partial charge in [0.15, 0.2) is 16.8 Å². The smallest absolute Gasteiger partial charge is 0.161 e. The van der Waals surface area contributed by atoms with Crippen LogP contribution >= 0.6 is 11.6 Å². The van der Waals surface area contributed by atoms with Crippen LogP contribution in [0.15, 0.2) is 36.4 Å². The van der Waals surface area contributed by atoms with E-state index in [0.29, 0.717) is 16.8 Å². The van der Waals surface area contributed by atoms with Crippen LogP contribution in [0.3, 0.4) is 0 Å². The molecule has 0 atom stereocenters. The molecule has 100 valence electrons. The molecule has 2 aromatic carbocycles. The summed E-state index contributed by atoms with van der Waals surface area (Å²) in [5, 5.41) is 8.74. The molecule has 0 fully saturated rings. The van der Waals surface area contributed by atoms with Gasteiger partial charge in [-0.2, -0.15) is 0 Å². The molecule has 6 heteroatoms. The first-order valence-corrected chi connectivity index (χ1v) is 6.01. The van der Waals surface area contributed by atoms with Crippen LogP contribution in [-0.4, -0.2) is 10.2 Å². The Morgan fingerprint density at radius 1 is 0.800 bits per heavy atom. The molecule has 0 aliphatic carbocycles. The fourth-order valence-electron chi connectivity index (χ4n) is 1.97. The van der Waals surface area contributed by atoms with E-state index in [0.717, 1.165) is 6.07 Å². The van der Waals surface area contributed by atoms with Gasteiger partial charge in [-0.15, -0.1) is 10.2 Å². The second-order valence-corrected chi connectivity index (χ2v) is 4.49. The van der Waals surface area contributed by atoms with E-state index >= 15 is 0 Å². The van der Waals surface area contributed by atoms with Gasteiger partial charge in [-0.1, -0.05) is 35.9 Å². The van der Waals surface area contributed by atoms with E-state index in [1.807, 2.05) is 0 Å². The Labute approximate surface area is 116 Å². The predicted molar refractivity (Wildman–Crippen MR) is 69.9 cm³/mol. The highest BCUT2D eigenvalue weighted by atomic mass is 35.5. The molecule has 0 unspecified atom stereocenters. The molecule has 3 rings (SSSR count). The van der Waals surface area contributed by atoms with Crippen LogP contribution in [0.5, 0.6) is 0 Å². The Morgan fingerprint density at radius 3 is 2.20 bits per heavy atom. The number of halogens is 4. The normalized spacial score (nSPS) is 11.0. The molecule has 2 nitrogen and oxygen atoms in total. The molecule has 1 aromatic heterocycles. The highest BCUT2D eigenvalue weighted by Gasteiger charge is 2.16. The van der Waals surface area contributed by atoms with Crippen LogP contribution in [-0.2, 0) is 0 Å². The second-order valence-electron chi connectivity index (χ2n) is 4.13. The van der Waals surface area contributed by atoms with Gasteiger partial charge >= 0.3 is 0 Å². The van der Waals surface area contributed by atoms with E-state index in [2.05, 4.69) is 10.2 Å². The molecule has 0 saturated heterocycles. The SMILES string of the molecule is Fc1cc(F)c(-c2nnc(Cl)c3ccccc23)cc1F. The number of nitrogens with zero attached hydrogens (tertiary/aromatic N) is 2. The lowest BCUT2D eigenvalue weighted by Crippen LogP contribution is -1.96. The van der Waals surface area contributed by atoms with Gasteiger partial charge in [0.25, 0.3) is 0 Å². The molecule has 20 heavy (non-hydrogen) atoms. The summed E-state index contributed by atoms with van der Waals surface area (Å²) in [6.07, 6.45) is 0. The summed E-state index contributed by atoms with van der Waals surface area (Å²) < 4.78 is 40.1. The van der Waals surface area contributed by atoms with Crippen molar-refractivity contribution in [3.05, 3.63) is 59.0 Å². The Bertz CT molecular complexity index is 821. The third-order valence-corrected chi connectivity index (χ3v) is 3.19. The van der Waals surface area contributed by atoms with E-state index in [4.69, 9.17) is 11.6 Å². The maximum Gasteiger partial charge on any atom is 0.161 e. The summed E-state index contributed by atoms with van der Waals surface area (Å²) in [5.41, 5.74) is -0.0503. The van der Waals surface area contributed by atoms with E-state index in [-0.39, 0.29) is 16.4 Å². The van der Waals surface area contributed by atoms with Gasteiger partial charge in [-0.3, -0.25) is 0 Å². The Balaban J connectivity index is 2.36. The average Bonchev–Trinajstić information content (AvgIpc) is 2.44. The second kappa shape index (κ2) is 4.76. The first-order valence-electron chi connectivity index (χ1n) is 5.64. The first kappa shape index (κ1) is 12.9. The number of hydrogen-bond acceptors (Lipinski definition) is 2. The van der Waals surface area contributed by atoms with E-state index < -0.39 is 17.5 Å². The maximum absolute atomic E-state index is 13.8. The third kappa shape index (κ3) is 2.00. The summed E-state index contributed by atoms with van der Waals surface area (Å²) >= 11 is 5.91. The summed E-state index contributed by atoms with van der Waals surface area (Å²) in [6, 6.07) is 8.03. The van der Waals surface area contributed by atoms with Crippen molar-refractivity contribution in [2.24, 2.45) is 0 Å². The molecule has 0 aliphatic heterocycles. The number of hydrogen-bond donors (Lipinski definition) is 0. The quantitative estimate of drug-likeness (QED) is 0.623. The molecule has 0 amide bonds. The molecule has 0 saturated carbocycles. The Hall–Kier alpha value is -2.14. The zero-order valence-corrected chi connectivity index (χ0v) is 10.6. The van der Waals surface area contributed by atoms with Crippen molar-refractivity contribution < 1.29 is 13.2 Å². The standard InChI is InChI=1S/C14H6ClF3N2/c15-14-8-4-2-1-3-7(8)13(19-20-14)9-5-11(17)12(18)6-10(9)16/h1-6H. The summed E-state index contributed by atoms with van der Waals surface area (Å²) in [7, 11) is 0. The number of fused-ring (bicyclic) bond motifs is 1. The van der Waals surface area contributed by atoms with Crippen molar-refractivity contribution >= 4 is 22.4 Å². The predicted octanol–water partition coefficient (Wildman–Crippen LogP) is 4.37. The number of rotatable bonds is 1. The van der Waals surface area contributed by atoms with Gasteiger partial charge in [-0.05, 0) is 6.07 Å². The van der Waals surface area contributed by atoms with Crippen molar-refractivity contribution in [3.8, 4) is 11.3 Å². The van der Waals surface area contributed by atoms with E-state index in [9.17, 15) is 13.2 Å². The highest BCUT2D eigenvalue weighted by molar-refractivity contribution is 6.34. The Morgan fingerprint density at radius 2 is 1.45 bits per heavy atom. The summed E-state index contributed by atoms with van der Waals surface area (Å²) in [4.78, 5) is 0. The zero-order valence-electron chi connectivity index (χ0n) is 9.87. The molecule has 0 N–H and O–H groups in total. The molecule has 0 spiro atoms. The fourth-order valence-corrected chi connectivity index (χ4v) is 2.18. The van der Waals surface area contributed by atoms with Crippen molar-refractivity contribution in [1.29, 1.82) is 0 Å². The van der Waals surface area contributed by atoms with Gasteiger partial charge in [0.05, 0.1) is 0 Å². The molecule has 1 heterocycles. The number of benzene rings is 2. The van der Waals surface area contributed by atoms with Crippen LogP contribution in [0.4, 0.5) is 13.2 Å². The van der Waals surface area contributed by atoms with Crippen molar-refractivity contribution in [2.45, 2.75) is 0 Å². The average molecular weight is 295 g/mol. The van der Waals surface area contributed by atoms with Gasteiger partial charge in [0.1, 0.15) is 11.5 Å². The van der Waals surface area contributed by atoms with Crippen LogP contribution in [0.2, 0.25) is 5.15 Å². The monoisotopic (exact) mass is 294 g/mol.